The molecule has 0 fully saturated rings. The molecule has 5 rings (SSSR count). The van der Waals surface area contributed by atoms with Crippen molar-refractivity contribution < 1.29 is 33.2 Å². The first-order chi connectivity index (χ1) is 25.2. The third-order valence-electron chi connectivity index (χ3n) is 8.74. The molecule has 1 atom stereocenters. The average Bonchev–Trinajstić information content (AvgIpc) is 3.18. The fourth-order valence-electron chi connectivity index (χ4n) is 5.92. The number of benzene rings is 4. The second-order valence-corrected chi connectivity index (χ2v) is 12.4. The van der Waals surface area contributed by atoms with Crippen molar-refractivity contribution in [3.05, 3.63) is 119 Å². The summed E-state index contributed by atoms with van der Waals surface area (Å²) >= 11 is 0. The quantitative estimate of drug-likeness (QED) is 0.0675. The lowest BCUT2D eigenvalue weighted by molar-refractivity contribution is 0.116. The summed E-state index contributed by atoms with van der Waals surface area (Å²) in [5.74, 6) is 6.87. The number of fused-ring (bicyclic) bond motifs is 1. The number of methoxy groups -OCH3 is 3. The van der Waals surface area contributed by atoms with E-state index in [-0.39, 0.29) is 0 Å². The molecule has 4 aromatic carbocycles. The molecule has 268 valence electrons. The Balaban J connectivity index is 1.10. The SMILES string of the molecule is COc1cc(OC)c2c(c1)OC(c1ccc(OCc3ccccc3)c(OC)c1)=CC2OC#CCCCCCCCCCCOCc1ccccc1. The molecule has 0 amide bonds. The van der Waals surface area contributed by atoms with Crippen molar-refractivity contribution in [2.24, 2.45) is 0 Å². The first-order valence-corrected chi connectivity index (χ1v) is 17.9. The minimum atomic E-state index is -0.513. The van der Waals surface area contributed by atoms with Crippen molar-refractivity contribution in [2.45, 2.75) is 77.1 Å². The third kappa shape index (κ3) is 11.5. The summed E-state index contributed by atoms with van der Waals surface area (Å²) in [5.41, 5.74) is 3.88. The van der Waals surface area contributed by atoms with Crippen LogP contribution in [0, 0.1) is 12.0 Å². The van der Waals surface area contributed by atoms with E-state index in [1.165, 1.54) is 44.1 Å². The molecular formula is C44H50O7. The van der Waals surface area contributed by atoms with E-state index in [9.17, 15) is 0 Å². The van der Waals surface area contributed by atoms with Crippen LogP contribution >= 0.6 is 0 Å². The van der Waals surface area contributed by atoms with Gasteiger partial charge in [0.15, 0.2) is 17.6 Å². The Bertz CT molecular complexity index is 1720. The highest BCUT2D eigenvalue weighted by molar-refractivity contribution is 5.70. The Morgan fingerprint density at radius 3 is 1.98 bits per heavy atom. The van der Waals surface area contributed by atoms with Gasteiger partial charge in [0.2, 0.25) is 0 Å². The summed E-state index contributed by atoms with van der Waals surface area (Å²) in [7, 11) is 4.87. The molecule has 0 N–H and O–H groups in total. The zero-order chi connectivity index (χ0) is 35.5. The van der Waals surface area contributed by atoms with Crippen molar-refractivity contribution in [1.29, 1.82) is 0 Å². The van der Waals surface area contributed by atoms with Crippen LogP contribution in [-0.4, -0.2) is 27.9 Å². The molecule has 0 aromatic heterocycles. The molecular weight excluding hydrogens is 640 g/mol. The van der Waals surface area contributed by atoms with E-state index in [2.05, 4.69) is 36.3 Å². The largest absolute Gasteiger partial charge is 0.496 e. The summed E-state index contributed by atoms with van der Waals surface area (Å²) in [4.78, 5) is 0. The normalized spacial score (nSPS) is 13.2. The molecule has 1 aliphatic rings. The Labute approximate surface area is 303 Å². The van der Waals surface area contributed by atoms with E-state index in [0.717, 1.165) is 42.6 Å². The monoisotopic (exact) mass is 690 g/mol. The van der Waals surface area contributed by atoms with Crippen LogP contribution in [0.25, 0.3) is 5.76 Å². The van der Waals surface area contributed by atoms with Gasteiger partial charge in [-0.05, 0) is 42.2 Å². The minimum Gasteiger partial charge on any atom is -0.496 e. The maximum atomic E-state index is 6.41. The van der Waals surface area contributed by atoms with Crippen LogP contribution in [0.4, 0.5) is 0 Å². The average molecular weight is 691 g/mol. The molecule has 0 bridgehead atoms. The predicted octanol–water partition coefficient (Wildman–Crippen LogP) is 10.5. The van der Waals surface area contributed by atoms with E-state index < -0.39 is 6.10 Å². The summed E-state index contributed by atoms with van der Waals surface area (Å²) in [5, 5.41) is 0. The van der Waals surface area contributed by atoms with E-state index in [0.29, 0.717) is 47.7 Å². The summed E-state index contributed by atoms with van der Waals surface area (Å²) in [6.45, 7) is 1.97. The topological polar surface area (TPSA) is 64.6 Å². The van der Waals surface area contributed by atoms with Crippen LogP contribution in [-0.2, 0) is 22.7 Å². The van der Waals surface area contributed by atoms with E-state index in [1.807, 2.05) is 72.8 Å². The second kappa shape index (κ2) is 20.6. The van der Waals surface area contributed by atoms with Crippen molar-refractivity contribution in [3.63, 3.8) is 0 Å². The summed E-state index contributed by atoms with van der Waals surface area (Å²) in [6, 6.07) is 29.8. The minimum absolute atomic E-state index is 0.434. The van der Waals surface area contributed by atoms with Gasteiger partial charge in [-0.15, -0.1) is 0 Å². The maximum absolute atomic E-state index is 6.41. The standard InChI is InChI=1S/C44H50O7/c1-45-37-29-41(47-3)44-42(49-27-19-11-9-7-5-4-6-8-10-18-26-48-32-34-20-14-12-15-21-34)31-39(51-43(44)30-37)36-24-25-38(40(28-36)46-2)50-33-35-22-16-13-17-23-35/h12-17,20-25,28-31,42H,4-11,18,26,32-33H2,1-3H3. The van der Waals surface area contributed by atoms with Crippen molar-refractivity contribution in [3.8, 4) is 40.8 Å². The van der Waals surface area contributed by atoms with E-state index in [4.69, 9.17) is 33.2 Å². The summed E-state index contributed by atoms with van der Waals surface area (Å²) < 4.78 is 41.4. The van der Waals surface area contributed by atoms with Crippen LogP contribution in [0.2, 0.25) is 0 Å². The predicted molar refractivity (Wildman–Crippen MR) is 201 cm³/mol. The smallest absolute Gasteiger partial charge is 0.165 e. The van der Waals surface area contributed by atoms with Crippen LogP contribution in [0.15, 0.2) is 97.1 Å². The number of rotatable bonds is 20. The highest BCUT2D eigenvalue weighted by Gasteiger charge is 2.29. The number of unbranched alkanes of at least 4 members (excludes halogenated alkanes) is 8. The van der Waals surface area contributed by atoms with Crippen LogP contribution in [0.5, 0.6) is 28.7 Å². The molecule has 1 aliphatic heterocycles. The molecule has 1 unspecified atom stereocenters. The van der Waals surface area contributed by atoms with Crippen LogP contribution < -0.4 is 23.7 Å². The van der Waals surface area contributed by atoms with Gasteiger partial charge in [0.1, 0.15) is 35.7 Å². The van der Waals surface area contributed by atoms with Crippen molar-refractivity contribution >= 4 is 5.76 Å². The Morgan fingerprint density at radius 2 is 1.29 bits per heavy atom. The number of hydrogen-bond donors (Lipinski definition) is 0. The lowest BCUT2D eigenvalue weighted by atomic mass is 10.0. The Kier molecular flexibility index (Phi) is 15.0. The molecule has 0 saturated carbocycles. The third-order valence-corrected chi connectivity index (χ3v) is 8.74. The molecule has 0 radical (unpaired) electrons. The highest BCUT2D eigenvalue weighted by atomic mass is 16.5. The lowest BCUT2D eigenvalue weighted by Gasteiger charge is -2.26. The van der Waals surface area contributed by atoms with Gasteiger partial charge in [0.05, 0.1) is 33.5 Å². The van der Waals surface area contributed by atoms with Gasteiger partial charge in [-0.3, -0.25) is 0 Å². The zero-order valence-corrected chi connectivity index (χ0v) is 30.2. The molecule has 7 heteroatoms. The number of hydrogen-bond acceptors (Lipinski definition) is 7. The molecule has 0 aliphatic carbocycles. The van der Waals surface area contributed by atoms with Crippen molar-refractivity contribution in [1.82, 2.24) is 0 Å². The van der Waals surface area contributed by atoms with E-state index >= 15 is 0 Å². The Morgan fingerprint density at radius 1 is 0.627 bits per heavy atom. The van der Waals surface area contributed by atoms with Crippen LogP contribution in [0.3, 0.4) is 0 Å². The van der Waals surface area contributed by atoms with Crippen LogP contribution in [0.1, 0.15) is 86.1 Å². The molecule has 1 heterocycles. The lowest BCUT2D eigenvalue weighted by Crippen LogP contribution is -2.12. The zero-order valence-electron chi connectivity index (χ0n) is 30.2. The second-order valence-electron chi connectivity index (χ2n) is 12.4. The molecule has 0 saturated heterocycles. The van der Waals surface area contributed by atoms with E-state index in [1.54, 1.807) is 21.3 Å². The molecule has 4 aromatic rings. The Hall–Kier alpha value is -5.06. The molecule has 7 nitrogen and oxygen atoms in total. The highest BCUT2D eigenvalue weighted by Crippen LogP contribution is 2.46. The van der Waals surface area contributed by atoms with Gasteiger partial charge in [0.25, 0.3) is 0 Å². The number of ether oxygens (including phenoxy) is 7. The fraction of sp³-hybridized carbons (Fsp3) is 0.364. The fourth-order valence-corrected chi connectivity index (χ4v) is 5.92. The molecule has 0 spiro atoms. The maximum Gasteiger partial charge on any atom is 0.165 e. The van der Waals surface area contributed by atoms with Gasteiger partial charge in [-0.25, -0.2) is 0 Å². The first-order valence-electron chi connectivity index (χ1n) is 17.9. The first kappa shape index (κ1) is 37.2. The van der Waals surface area contributed by atoms with Gasteiger partial charge in [0, 0.05) is 36.8 Å². The van der Waals surface area contributed by atoms with Gasteiger partial charge in [-0.1, -0.05) is 105 Å². The summed E-state index contributed by atoms with van der Waals surface area (Å²) in [6.07, 6.45) is 14.7. The molecule has 51 heavy (non-hydrogen) atoms. The van der Waals surface area contributed by atoms with Gasteiger partial charge < -0.3 is 33.2 Å². The van der Waals surface area contributed by atoms with Gasteiger partial charge in [-0.2, -0.15) is 0 Å². The van der Waals surface area contributed by atoms with Gasteiger partial charge >= 0.3 is 0 Å². The van der Waals surface area contributed by atoms with Crippen molar-refractivity contribution in [2.75, 3.05) is 27.9 Å².